The number of fused-ring (bicyclic) bond motifs is 1. The van der Waals surface area contributed by atoms with Crippen molar-refractivity contribution in [3.05, 3.63) is 113 Å². The Hall–Kier alpha value is -8.34. The van der Waals surface area contributed by atoms with Crippen LogP contribution in [0.1, 0.15) is 110 Å². The van der Waals surface area contributed by atoms with Crippen molar-refractivity contribution in [3.8, 4) is 11.8 Å². The predicted octanol–water partition coefficient (Wildman–Crippen LogP) is 5.02. The number of aryl methyl sites for hydroxylation is 1. The smallest absolute Gasteiger partial charge is 0.413 e. The lowest BCUT2D eigenvalue weighted by molar-refractivity contribution is -0.147. The van der Waals surface area contributed by atoms with Gasteiger partial charge < -0.3 is 43.5 Å². The molecule has 1 aliphatic rings. The van der Waals surface area contributed by atoms with E-state index in [2.05, 4.69) is 120 Å². The van der Waals surface area contributed by atoms with E-state index in [0.29, 0.717) is 17.5 Å². The van der Waals surface area contributed by atoms with Crippen molar-refractivity contribution in [2.45, 2.75) is 168 Å². The molecule has 2 unspecified atom stereocenters. The van der Waals surface area contributed by atoms with E-state index < -0.39 is 112 Å². The number of Topliss-reactive ketones (excluding diaryl/α,β-unsaturated/α-hetero) is 1. The van der Waals surface area contributed by atoms with Crippen molar-refractivity contribution in [3.63, 3.8) is 0 Å². The third kappa shape index (κ3) is 18.1. The number of nitrogens with one attached hydrogen (secondary N) is 5. The van der Waals surface area contributed by atoms with E-state index >= 15 is 0 Å². The lowest BCUT2D eigenvalue weighted by Gasteiger charge is -2.46. The molecule has 0 aliphatic carbocycles. The molecule has 4 amide bonds. The normalized spacial score (nSPS) is 15.8. The van der Waals surface area contributed by atoms with E-state index in [9.17, 15) is 47.9 Å². The van der Waals surface area contributed by atoms with Crippen LogP contribution in [-0.4, -0.2) is 146 Å². The molecule has 1 saturated heterocycles. The zero-order valence-corrected chi connectivity index (χ0v) is 54.8. The number of ketones is 1. The van der Waals surface area contributed by atoms with Crippen molar-refractivity contribution in [2.75, 3.05) is 38.6 Å². The molecule has 5 N–H and O–H groups in total. The number of rotatable bonds is 22. The van der Waals surface area contributed by atoms with E-state index in [1.54, 1.807) is 45.0 Å². The van der Waals surface area contributed by atoms with Crippen molar-refractivity contribution in [2.24, 2.45) is 5.92 Å². The van der Waals surface area contributed by atoms with Crippen LogP contribution in [0.15, 0.2) is 68.5 Å². The number of aromatic nitrogens is 8. The molecule has 5 heterocycles. The van der Waals surface area contributed by atoms with Crippen molar-refractivity contribution >= 4 is 69.1 Å². The molecule has 88 heavy (non-hydrogen) atoms. The van der Waals surface area contributed by atoms with Crippen LogP contribution < -0.4 is 38.4 Å². The summed E-state index contributed by atoms with van der Waals surface area (Å²) in [6.45, 7) is 26.7. The highest BCUT2D eigenvalue weighted by molar-refractivity contribution is 6.81. The molecule has 0 spiro atoms. The Bertz CT molecular complexity index is 3710. The lowest BCUT2D eigenvalue weighted by atomic mass is 9.95. The van der Waals surface area contributed by atoms with E-state index in [-0.39, 0.29) is 89.1 Å². The minimum absolute atomic E-state index is 0.0229. The lowest BCUT2D eigenvalue weighted by Crippen LogP contribution is -2.56. The number of methoxy groups -OCH3 is 1. The van der Waals surface area contributed by atoms with Crippen molar-refractivity contribution in [1.82, 2.24) is 54.2 Å². The topological polar surface area (TPSA) is 341 Å². The first-order valence-electron chi connectivity index (χ1n) is 28.8. The first-order chi connectivity index (χ1) is 41.0. The van der Waals surface area contributed by atoms with Crippen LogP contribution in [0.2, 0.25) is 36.3 Å². The molecule has 0 radical (unpaired) electrons. The number of ether oxygens (including phenoxy) is 4. The number of H-pyrrole nitrogens is 2. The maximum Gasteiger partial charge on any atom is 0.413 e. The number of hydrogen-bond acceptors (Lipinski definition) is 18. The van der Waals surface area contributed by atoms with Crippen molar-refractivity contribution < 1.29 is 52.1 Å². The van der Waals surface area contributed by atoms with Crippen LogP contribution in [0, 0.1) is 24.7 Å². The molecule has 6 rings (SSSR count). The SMILES string of the molecule is COC(=O)CN(CCNC(=O)CC(CCNC(=O)OC(C)(C)C)C(=O)Cn1cc(C)c(=O)[nH]c1=O)C(=O)Cn1cnc2c(NC(=O)OCc3ccc(C#Cc4cn([C@H]5CC(O[Si](C)(C)C(C)(C)C)[C@@H]([Si](C)(C)C(C)(C)C)O5)c(=O)[nH]c4=O)cc3)ncnc21. The number of imidazole rings is 1. The number of anilines is 1. The molecule has 1 aromatic carbocycles. The van der Waals surface area contributed by atoms with Crippen LogP contribution in [0.5, 0.6) is 0 Å². The van der Waals surface area contributed by atoms with Gasteiger partial charge in [0.15, 0.2) is 31.1 Å². The van der Waals surface area contributed by atoms with Gasteiger partial charge in [0.2, 0.25) is 11.8 Å². The highest BCUT2D eigenvalue weighted by Gasteiger charge is 2.54. The predicted molar refractivity (Wildman–Crippen MR) is 330 cm³/mol. The van der Waals surface area contributed by atoms with Gasteiger partial charge in [-0.2, -0.15) is 0 Å². The first-order valence-corrected chi connectivity index (χ1v) is 34.8. The Labute approximate surface area is 511 Å². The average molecular weight is 1260 g/mol. The molecule has 5 aromatic rings. The number of nitrogens with zero attached hydrogens (tertiary/aromatic N) is 7. The van der Waals surface area contributed by atoms with Gasteiger partial charge in [0.05, 0.1) is 39.9 Å². The second kappa shape index (κ2) is 28.2. The summed E-state index contributed by atoms with van der Waals surface area (Å²) in [5.41, 5.74) is -2.05. The van der Waals surface area contributed by atoms with Gasteiger partial charge in [0.1, 0.15) is 43.4 Å². The molecular formula is C59H82N12O15Si2. The number of benzene rings is 1. The minimum atomic E-state index is -2.24. The molecule has 1 fully saturated rings. The van der Waals surface area contributed by atoms with Crippen LogP contribution in [0.3, 0.4) is 0 Å². The Morgan fingerprint density at radius 2 is 1.50 bits per heavy atom. The second-order valence-corrected chi connectivity index (χ2v) is 36.1. The molecule has 29 heteroatoms. The molecular weight excluding hydrogens is 1170 g/mol. The maximum absolute atomic E-state index is 13.8. The van der Waals surface area contributed by atoms with E-state index in [4.69, 9.17) is 23.4 Å². The van der Waals surface area contributed by atoms with Gasteiger partial charge in [0, 0.05) is 61.9 Å². The van der Waals surface area contributed by atoms with Gasteiger partial charge in [0.25, 0.3) is 11.1 Å². The van der Waals surface area contributed by atoms with Crippen LogP contribution >= 0.6 is 0 Å². The van der Waals surface area contributed by atoms with Gasteiger partial charge in [-0.25, -0.2) is 34.1 Å². The quantitative estimate of drug-likeness (QED) is 0.0263. The fraction of sp³-hybridized carbons (Fsp3) is 0.542. The number of alkyl carbamates (subject to hydrolysis) is 1. The van der Waals surface area contributed by atoms with Crippen LogP contribution in [0.25, 0.3) is 11.2 Å². The average Bonchev–Trinajstić information content (AvgIpc) is 1.65. The fourth-order valence-electron chi connectivity index (χ4n) is 8.98. The van der Waals surface area contributed by atoms with Gasteiger partial charge in [-0.3, -0.25) is 53.2 Å². The number of esters is 1. The molecule has 27 nitrogen and oxygen atoms in total. The Kier molecular flexibility index (Phi) is 22.1. The molecule has 0 saturated carbocycles. The largest absolute Gasteiger partial charge is 0.468 e. The van der Waals surface area contributed by atoms with Gasteiger partial charge >= 0.3 is 29.5 Å². The second-order valence-electron chi connectivity index (χ2n) is 25.8. The maximum atomic E-state index is 13.8. The Morgan fingerprint density at radius 3 is 2.15 bits per heavy atom. The molecule has 4 aromatic heterocycles. The van der Waals surface area contributed by atoms with Gasteiger partial charge in [-0.05, 0) is 75.0 Å². The molecule has 4 atom stereocenters. The third-order valence-electron chi connectivity index (χ3n) is 16.0. The summed E-state index contributed by atoms with van der Waals surface area (Å²) in [4.78, 5) is 148. The molecule has 0 bridgehead atoms. The summed E-state index contributed by atoms with van der Waals surface area (Å²) < 4.78 is 33.2. The number of carbonyl (C=O) groups is 6. The summed E-state index contributed by atoms with van der Waals surface area (Å²) in [6, 6.07) is 6.76. The Morgan fingerprint density at radius 1 is 0.818 bits per heavy atom. The van der Waals surface area contributed by atoms with Gasteiger partial charge in [-0.15, -0.1) is 0 Å². The standard InChI is InChI=1S/C59H82N12O15Si2/c1-36-28-69(53(78)66-50(36)76)30-41(72)39(22-23-61-55(80)85-57(2,3)4)26-43(73)60-24-25-68(32-46(75)82-11)44(74)31-70-35-64-47-48(62-34-63-49(47)70)65-56(81)83-33-38-18-16-37(17-19-38)20-21-40-29-71(54(79)67-51(40)77)45-27-42(86-88(14,15)59(8,9)10)52(84-45)87(12,13)58(5,6)7/h16-19,28-29,34-35,39,42,45,52H,22-27,30-33H2,1-15H3,(H,60,73)(H,61,80)(H,66,76,78)(H,67,77,79)(H,62,63,65,81)/t39?,42?,45-,52-/m1/s1. The van der Waals surface area contributed by atoms with Gasteiger partial charge in [-0.1, -0.05) is 78.6 Å². The zero-order chi connectivity index (χ0) is 65.3. The summed E-state index contributed by atoms with van der Waals surface area (Å²) in [5, 5.41) is 7.67. The number of amides is 4. The summed E-state index contributed by atoms with van der Waals surface area (Å²) in [6.07, 6.45) is 2.58. The monoisotopic (exact) mass is 1250 g/mol. The number of aromatic amines is 2. The van der Waals surface area contributed by atoms with E-state index in [0.717, 1.165) is 22.9 Å². The Balaban J connectivity index is 1.05. The number of hydrogen-bond donors (Lipinski definition) is 5. The minimum Gasteiger partial charge on any atom is -0.468 e. The molecule has 476 valence electrons. The highest BCUT2D eigenvalue weighted by Crippen LogP contribution is 2.48. The van der Waals surface area contributed by atoms with E-state index in [1.807, 2.05) is 0 Å². The molecule has 1 aliphatic heterocycles. The third-order valence-corrected chi connectivity index (χ3v) is 26.3. The fourth-order valence-corrected chi connectivity index (χ4v) is 12.9. The van der Waals surface area contributed by atoms with Crippen LogP contribution in [-0.2, 0) is 62.2 Å². The van der Waals surface area contributed by atoms with Crippen LogP contribution in [0.4, 0.5) is 15.4 Å². The van der Waals surface area contributed by atoms with E-state index in [1.165, 1.54) is 34.8 Å². The summed E-state index contributed by atoms with van der Waals surface area (Å²) in [7, 11) is -3.28. The highest BCUT2D eigenvalue weighted by atomic mass is 28.4. The zero-order valence-electron chi connectivity index (χ0n) is 52.8. The first kappa shape index (κ1) is 68.8. The number of carbonyl (C=O) groups excluding carboxylic acids is 6. The summed E-state index contributed by atoms with van der Waals surface area (Å²) in [5.74, 6) is 2.31. The van der Waals surface area contributed by atoms with Crippen molar-refractivity contribution in [1.29, 1.82) is 0 Å². The summed E-state index contributed by atoms with van der Waals surface area (Å²) >= 11 is 0.